The van der Waals surface area contributed by atoms with Crippen molar-refractivity contribution in [2.45, 2.75) is 0 Å². The summed E-state index contributed by atoms with van der Waals surface area (Å²) in [5.74, 6) is 3.03. The minimum Gasteiger partial charge on any atom is -0.497 e. The molecule has 0 unspecified atom stereocenters. The third-order valence-electron chi connectivity index (χ3n) is 4.51. The number of benzene rings is 3. The molecule has 0 saturated carbocycles. The van der Waals surface area contributed by atoms with Crippen LogP contribution in [0, 0.1) is 0 Å². The fraction of sp³-hybridized carbons (Fsp3) is 0.0833. The van der Waals surface area contributed by atoms with Crippen molar-refractivity contribution in [2.24, 2.45) is 0 Å². The largest absolute Gasteiger partial charge is 0.497 e. The molecule has 144 valence electrons. The summed E-state index contributed by atoms with van der Waals surface area (Å²) < 4.78 is 10.4. The van der Waals surface area contributed by atoms with E-state index >= 15 is 0 Å². The molecule has 0 spiro atoms. The summed E-state index contributed by atoms with van der Waals surface area (Å²) in [5, 5.41) is 4.36. The van der Waals surface area contributed by atoms with Crippen LogP contribution in [0.2, 0.25) is 0 Å². The van der Waals surface area contributed by atoms with E-state index in [0.29, 0.717) is 5.82 Å². The van der Waals surface area contributed by atoms with Crippen LogP contribution in [0.3, 0.4) is 0 Å². The molecular formula is C24H21N3O2. The van der Waals surface area contributed by atoms with Gasteiger partial charge in [-0.3, -0.25) is 0 Å². The summed E-state index contributed by atoms with van der Waals surface area (Å²) in [6, 6.07) is 23.5. The Morgan fingerprint density at radius 1 is 0.724 bits per heavy atom. The number of ether oxygens (including phenoxy) is 2. The van der Waals surface area contributed by atoms with E-state index in [-0.39, 0.29) is 0 Å². The van der Waals surface area contributed by atoms with Gasteiger partial charge >= 0.3 is 0 Å². The van der Waals surface area contributed by atoms with Gasteiger partial charge in [-0.05, 0) is 60.2 Å². The Balaban J connectivity index is 1.66. The molecule has 29 heavy (non-hydrogen) atoms. The quantitative estimate of drug-likeness (QED) is 0.472. The number of nitrogens with zero attached hydrogens (tertiary/aromatic N) is 2. The van der Waals surface area contributed by atoms with Crippen LogP contribution in [0.1, 0.15) is 11.4 Å². The van der Waals surface area contributed by atoms with Gasteiger partial charge < -0.3 is 14.8 Å². The maximum Gasteiger partial charge on any atom is 0.154 e. The van der Waals surface area contributed by atoms with E-state index in [0.717, 1.165) is 39.5 Å². The summed E-state index contributed by atoms with van der Waals surface area (Å²) in [6.45, 7) is 0. The maximum absolute atomic E-state index is 5.23. The van der Waals surface area contributed by atoms with E-state index in [1.807, 2.05) is 84.9 Å². The van der Waals surface area contributed by atoms with Crippen LogP contribution in [0.4, 0.5) is 11.5 Å². The Bertz CT molecular complexity index is 1140. The lowest BCUT2D eigenvalue weighted by molar-refractivity contribution is 0.414. The van der Waals surface area contributed by atoms with Crippen molar-refractivity contribution in [3.63, 3.8) is 0 Å². The Morgan fingerprint density at radius 2 is 1.38 bits per heavy atom. The fourth-order valence-corrected chi connectivity index (χ4v) is 2.96. The number of hydrogen-bond acceptors (Lipinski definition) is 5. The molecule has 5 heteroatoms. The first-order valence-electron chi connectivity index (χ1n) is 9.25. The summed E-state index contributed by atoms with van der Waals surface area (Å²) in [4.78, 5) is 9.39. The average molecular weight is 383 g/mol. The van der Waals surface area contributed by atoms with E-state index in [9.17, 15) is 0 Å². The molecule has 0 radical (unpaired) electrons. The topological polar surface area (TPSA) is 56.3 Å². The van der Waals surface area contributed by atoms with Gasteiger partial charge in [0.2, 0.25) is 0 Å². The minimum atomic E-state index is 0.635. The highest BCUT2D eigenvalue weighted by Crippen LogP contribution is 2.25. The minimum absolute atomic E-state index is 0.635. The van der Waals surface area contributed by atoms with E-state index in [1.54, 1.807) is 14.2 Å². The number of anilines is 2. The first kappa shape index (κ1) is 18.5. The summed E-state index contributed by atoms with van der Waals surface area (Å²) in [6.07, 6.45) is 3.90. The smallest absolute Gasteiger partial charge is 0.154 e. The number of rotatable bonds is 6. The van der Waals surface area contributed by atoms with E-state index in [1.165, 1.54) is 0 Å². The van der Waals surface area contributed by atoms with E-state index in [2.05, 4.69) is 10.3 Å². The third-order valence-corrected chi connectivity index (χ3v) is 4.51. The lowest BCUT2D eigenvalue weighted by Gasteiger charge is -2.10. The summed E-state index contributed by atoms with van der Waals surface area (Å²) in [5.41, 5.74) is 2.86. The Labute approximate surface area is 169 Å². The monoisotopic (exact) mass is 383 g/mol. The molecule has 0 amide bonds. The predicted molar refractivity (Wildman–Crippen MR) is 118 cm³/mol. The standard InChI is InChI=1S/C24H21N3O2/c1-28-19-12-7-17(8-13-19)9-16-23-26-22-6-4-3-5-21(22)24(27-23)25-18-10-14-20(29-2)15-11-18/h3-16H,1-2H3,(H,25,26,27)/b16-9-. The summed E-state index contributed by atoms with van der Waals surface area (Å²) >= 11 is 0. The molecule has 0 bridgehead atoms. The molecule has 0 saturated heterocycles. The van der Waals surface area contributed by atoms with Gasteiger partial charge in [-0.25, -0.2) is 9.97 Å². The normalized spacial score (nSPS) is 11.0. The van der Waals surface area contributed by atoms with Gasteiger partial charge in [0.15, 0.2) is 5.82 Å². The highest BCUT2D eigenvalue weighted by atomic mass is 16.5. The Morgan fingerprint density at radius 3 is 2.07 bits per heavy atom. The molecule has 1 N–H and O–H groups in total. The molecule has 0 aliphatic heterocycles. The van der Waals surface area contributed by atoms with Crippen molar-refractivity contribution in [3.05, 3.63) is 84.2 Å². The van der Waals surface area contributed by atoms with Gasteiger partial charge in [0.25, 0.3) is 0 Å². The van der Waals surface area contributed by atoms with Crippen molar-refractivity contribution in [2.75, 3.05) is 19.5 Å². The second-order valence-electron chi connectivity index (χ2n) is 6.41. The zero-order valence-corrected chi connectivity index (χ0v) is 16.3. The first-order chi connectivity index (χ1) is 14.2. The molecule has 1 aromatic heterocycles. The second-order valence-corrected chi connectivity index (χ2v) is 6.41. The van der Waals surface area contributed by atoms with Crippen LogP contribution >= 0.6 is 0 Å². The number of nitrogens with one attached hydrogen (secondary N) is 1. The molecule has 5 nitrogen and oxygen atoms in total. The number of hydrogen-bond donors (Lipinski definition) is 1. The molecule has 4 rings (SSSR count). The van der Waals surface area contributed by atoms with Crippen LogP contribution < -0.4 is 14.8 Å². The number of fused-ring (bicyclic) bond motifs is 1. The number of para-hydroxylation sites is 1. The molecular weight excluding hydrogens is 362 g/mol. The first-order valence-corrected chi connectivity index (χ1v) is 9.25. The molecule has 0 atom stereocenters. The zero-order valence-electron chi connectivity index (χ0n) is 16.3. The molecule has 1 heterocycles. The van der Waals surface area contributed by atoms with Gasteiger partial charge in [0, 0.05) is 11.1 Å². The number of aromatic nitrogens is 2. The molecule has 0 aliphatic carbocycles. The zero-order chi connectivity index (χ0) is 20.1. The van der Waals surface area contributed by atoms with Gasteiger partial charge in [-0.15, -0.1) is 0 Å². The van der Waals surface area contributed by atoms with Gasteiger partial charge in [-0.1, -0.05) is 30.3 Å². The highest BCUT2D eigenvalue weighted by Gasteiger charge is 2.07. The van der Waals surface area contributed by atoms with Crippen LogP contribution in [-0.4, -0.2) is 24.2 Å². The predicted octanol–water partition coefficient (Wildman–Crippen LogP) is 5.56. The van der Waals surface area contributed by atoms with Crippen LogP contribution in [0.25, 0.3) is 23.1 Å². The summed E-state index contributed by atoms with van der Waals surface area (Å²) in [7, 11) is 3.31. The van der Waals surface area contributed by atoms with Gasteiger partial charge in [-0.2, -0.15) is 0 Å². The second kappa shape index (κ2) is 8.44. The van der Waals surface area contributed by atoms with Crippen molar-refractivity contribution < 1.29 is 9.47 Å². The molecule has 0 fully saturated rings. The molecule has 3 aromatic carbocycles. The molecule has 4 aromatic rings. The van der Waals surface area contributed by atoms with Gasteiger partial charge in [0.1, 0.15) is 17.3 Å². The van der Waals surface area contributed by atoms with Crippen molar-refractivity contribution in [1.29, 1.82) is 0 Å². The Kier molecular flexibility index (Phi) is 5.38. The SMILES string of the molecule is COc1ccc(/C=C\c2nc(Nc3ccc(OC)cc3)c3ccccc3n2)cc1. The van der Waals surface area contributed by atoms with Crippen molar-refractivity contribution >= 4 is 34.6 Å². The van der Waals surface area contributed by atoms with Crippen molar-refractivity contribution in [3.8, 4) is 11.5 Å². The van der Waals surface area contributed by atoms with Crippen LogP contribution in [0.5, 0.6) is 11.5 Å². The van der Waals surface area contributed by atoms with Crippen LogP contribution in [0.15, 0.2) is 72.8 Å². The fourth-order valence-electron chi connectivity index (χ4n) is 2.96. The lowest BCUT2D eigenvalue weighted by Crippen LogP contribution is -1.99. The van der Waals surface area contributed by atoms with E-state index < -0.39 is 0 Å². The molecule has 0 aliphatic rings. The third kappa shape index (κ3) is 4.35. The van der Waals surface area contributed by atoms with E-state index in [4.69, 9.17) is 14.5 Å². The lowest BCUT2D eigenvalue weighted by atomic mass is 10.2. The van der Waals surface area contributed by atoms with Crippen molar-refractivity contribution in [1.82, 2.24) is 9.97 Å². The average Bonchev–Trinajstić information content (AvgIpc) is 2.78. The highest BCUT2D eigenvalue weighted by molar-refractivity contribution is 5.91. The van der Waals surface area contributed by atoms with Crippen LogP contribution in [-0.2, 0) is 0 Å². The maximum atomic E-state index is 5.23. The Hall–Kier alpha value is -3.86. The number of methoxy groups -OCH3 is 2. The van der Waals surface area contributed by atoms with Gasteiger partial charge in [0.05, 0.1) is 19.7 Å².